The van der Waals surface area contributed by atoms with Gasteiger partial charge in [-0.2, -0.15) is 0 Å². The second-order valence-electron chi connectivity index (χ2n) is 5.25. The Morgan fingerprint density at radius 1 is 0.833 bits per heavy atom. The van der Waals surface area contributed by atoms with Gasteiger partial charge < -0.3 is 0 Å². The zero-order chi connectivity index (χ0) is 13.7. The topological polar surface area (TPSA) is 34.1 Å². The lowest BCUT2D eigenvalue weighted by Gasteiger charge is -2.10. The highest BCUT2D eigenvalue weighted by Gasteiger charge is 2.10. The SMILES string of the molecule is CC(=O)C(C)Cc1ccc(CC(C)C(C)=O)cc1. The number of rotatable bonds is 6. The predicted molar refractivity (Wildman–Crippen MR) is 73.5 cm³/mol. The van der Waals surface area contributed by atoms with Crippen molar-refractivity contribution >= 4 is 11.6 Å². The minimum atomic E-state index is 0.0759. The molecule has 0 aliphatic carbocycles. The number of benzene rings is 1. The van der Waals surface area contributed by atoms with Crippen LogP contribution in [0.1, 0.15) is 38.8 Å². The van der Waals surface area contributed by atoms with Crippen LogP contribution in [-0.2, 0) is 22.4 Å². The van der Waals surface area contributed by atoms with E-state index in [1.165, 1.54) is 11.1 Å². The number of ketones is 2. The second-order valence-corrected chi connectivity index (χ2v) is 5.25. The Morgan fingerprint density at radius 3 is 1.33 bits per heavy atom. The monoisotopic (exact) mass is 246 g/mol. The number of hydrogen-bond acceptors (Lipinski definition) is 2. The molecule has 98 valence electrons. The van der Waals surface area contributed by atoms with Gasteiger partial charge in [-0.15, -0.1) is 0 Å². The van der Waals surface area contributed by atoms with Crippen LogP contribution in [-0.4, -0.2) is 11.6 Å². The first-order chi connectivity index (χ1) is 8.40. The molecule has 1 aromatic rings. The molecule has 0 heterocycles. The second kappa shape index (κ2) is 6.48. The summed E-state index contributed by atoms with van der Waals surface area (Å²) in [7, 11) is 0. The Morgan fingerprint density at radius 2 is 1.11 bits per heavy atom. The number of carbonyl (C=O) groups excluding carboxylic acids is 2. The molecule has 0 amide bonds. The van der Waals surface area contributed by atoms with Gasteiger partial charge in [-0.05, 0) is 37.8 Å². The van der Waals surface area contributed by atoms with Gasteiger partial charge in [0.2, 0.25) is 0 Å². The molecule has 0 aliphatic heterocycles. The van der Waals surface area contributed by atoms with E-state index in [2.05, 4.69) is 24.3 Å². The highest BCUT2D eigenvalue weighted by Crippen LogP contribution is 2.14. The van der Waals surface area contributed by atoms with E-state index >= 15 is 0 Å². The maximum atomic E-state index is 11.2. The number of hydrogen-bond donors (Lipinski definition) is 0. The first-order valence-electron chi connectivity index (χ1n) is 6.49. The van der Waals surface area contributed by atoms with Crippen LogP contribution in [0.4, 0.5) is 0 Å². The summed E-state index contributed by atoms with van der Waals surface area (Å²) in [5, 5.41) is 0. The van der Waals surface area contributed by atoms with Gasteiger partial charge in [-0.3, -0.25) is 9.59 Å². The molecule has 18 heavy (non-hydrogen) atoms. The normalized spacial score (nSPS) is 14.0. The Balaban J connectivity index is 2.63. The van der Waals surface area contributed by atoms with Crippen molar-refractivity contribution in [2.75, 3.05) is 0 Å². The number of carbonyl (C=O) groups is 2. The quantitative estimate of drug-likeness (QED) is 0.772. The van der Waals surface area contributed by atoms with Crippen LogP contribution in [0.3, 0.4) is 0 Å². The van der Waals surface area contributed by atoms with Gasteiger partial charge in [0.05, 0.1) is 0 Å². The zero-order valence-corrected chi connectivity index (χ0v) is 11.7. The van der Waals surface area contributed by atoms with Crippen LogP contribution >= 0.6 is 0 Å². The minimum absolute atomic E-state index is 0.0759. The summed E-state index contributed by atoms with van der Waals surface area (Å²) in [5.41, 5.74) is 2.36. The van der Waals surface area contributed by atoms with Crippen molar-refractivity contribution in [3.8, 4) is 0 Å². The van der Waals surface area contributed by atoms with Gasteiger partial charge in [0.1, 0.15) is 11.6 Å². The summed E-state index contributed by atoms with van der Waals surface area (Å²) in [6, 6.07) is 8.23. The van der Waals surface area contributed by atoms with Gasteiger partial charge in [0.25, 0.3) is 0 Å². The zero-order valence-electron chi connectivity index (χ0n) is 11.7. The molecule has 0 spiro atoms. The lowest BCUT2D eigenvalue weighted by Crippen LogP contribution is -2.10. The van der Waals surface area contributed by atoms with E-state index in [0.29, 0.717) is 0 Å². The first kappa shape index (κ1) is 14.6. The molecule has 0 N–H and O–H groups in total. The van der Waals surface area contributed by atoms with Gasteiger partial charge in [-0.25, -0.2) is 0 Å². The smallest absolute Gasteiger partial charge is 0.132 e. The summed E-state index contributed by atoms with van der Waals surface area (Å²) in [6.45, 7) is 7.17. The molecule has 0 aromatic heterocycles. The van der Waals surface area contributed by atoms with Crippen LogP contribution in [0, 0.1) is 11.8 Å². The van der Waals surface area contributed by atoms with E-state index in [1.54, 1.807) is 13.8 Å². The molecule has 2 atom stereocenters. The lowest BCUT2D eigenvalue weighted by atomic mass is 9.94. The molecular formula is C16H22O2. The average Bonchev–Trinajstić information content (AvgIpc) is 2.31. The molecule has 0 radical (unpaired) electrons. The Hall–Kier alpha value is -1.44. The summed E-state index contributed by atoms with van der Waals surface area (Å²) < 4.78 is 0. The minimum Gasteiger partial charge on any atom is -0.300 e. The summed E-state index contributed by atoms with van der Waals surface area (Å²) in [6.07, 6.45) is 1.58. The van der Waals surface area contributed by atoms with Crippen molar-refractivity contribution in [1.82, 2.24) is 0 Å². The third-order valence-corrected chi connectivity index (χ3v) is 3.49. The molecule has 0 bridgehead atoms. The van der Waals surface area contributed by atoms with Crippen LogP contribution in [0.2, 0.25) is 0 Å². The molecule has 2 unspecified atom stereocenters. The fourth-order valence-electron chi connectivity index (χ4n) is 1.81. The number of Topliss-reactive ketones (excluding diaryl/α,β-unsaturated/α-hetero) is 2. The van der Waals surface area contributed by atoms with E-state index in [-0.39, 0.29) is 23.4 Å². The molecule has 2 nitrogen and oxygen atoms in total. The van der Waals surface area contributed by atoms with Crippen LogP contribution in [0.25, 0.3) is 0 Å². The van der Waals surface area contributed by atoms with Crippen molar-refractivity contribution in [3.63, 3.8) is 0 Å². The molecular weight excluding hydrogens is 224 g/mol. The Kier molecular flexibility index (Phi) is 5.26. The van der Waals surface area contributed by atoms with Crippen LogP contribution < -0.4 is 0 Å². The van der Waals surface area contributed by atoms with Crippen LogP contribution in [0.15, 0.2) is 24.3 Å². The Labute approximate surface area is 109 Å². The molecule has 0 fully saturated rings. The summed E-state index contributed by atoms with van der Waals surface area (Å²) in [5.74, 6) is 0.604. The third-order valence-electron chi connectivity index (χ3n) is 3.49. The van der Waals surface area contributed by atoms with Crippen molar-refractivity contribution < 1.29 is 9.59 Å². The highest BCUT2D eigenvalue weighted by atomic mass is 16.1. The van der Waals surface area contributed by atoms with Crippen molar-refractivity contribution in [1.29, 1.82) is 0 Å². The molecule has 0 saturated carbocycles. The van der Waals surface area contributed by atoms with Gasteiger partial charge in [0.15, 0.2) is 0 Å². The van der Waals surface area contributed by atoms with E-state index in [0.717, 1.165) is 12.8 Å². The lowest BCUT2D eigenvalue weighted by molar-refractivity contribution is -0.121. The fourth-order valence-corrected chi connectivity index (χ4v) is 1.81. The molecule has 1 aromatic carbocycles. The van der Waals surface area contributed by atoms with E-state index < -0.39 is 0 Å². The van der Waals surface area contributed by atoms with E-state index in [1.807, 2.05) is 13.8 Å². The molecule has 2 heteroatoms. The third kappa shape index (κ3) is 4.44. The van der Waals surface area contributed by atoms with E-state index in [9.17, 15) is 9.59 Å². The first-order valence-corrected chi connectivity index (χ1v) is 6.49. The van der Waals surface area contributed by atoms with Crippen molar-refractivity contribution in [3.05, 3.63) is 35.4 Å². The maximum absolute atomic E-state index is 11.2. The van der Waals surface area contributed by atoms with Crippen LogP contribution in [0.5, 0.6) is 0 Å². The average molecular weight is 246 g/mol. The van der Waals surface area contributed by atoms with Gasteiger partial charge >= 0.3 is 0 Å². The van der Waals surface area contributed by atoms with E-state index in [4.69, 9.17) is 0 Å². The molecule has 1 rings (SSSR count). The molecule has 0 saturated heterocycles. The summed E-state index contributed by atoms with van der Waals surface area (Å²) in [4.78, 5) is 22.4. The maximum Gasteiger partial charge on any atom is 0.132 e. The predicted octanol–water partition coefficient (Wildman–Crippen LogP) is 3.22. The highest BCUT2D eigenvalue weighted by molar-refractivity contribution is 5.78. The largest absolute Gasteiger partial charge is 0.300 e. The standard InChI is InChI=1S/C16H22O2/c1-11(13(3)17)9-15-5-7-16(8-6-15)10-12(2)14(4)18/h5-8,11-12H,9-10H2,1-4H3. The van der Waals surface area contributed by atoms with Gasteiger partial charge in [-0.1, -0.05) is 38.1 Å². The van der Waals surface area contributed by atoms with Crippen molar-refractivity contribution in [2.45, 2.75) is 40.5 Å². The Bertz CT molecular complexity index is 376. The van der Waals surface area contributed by atoms with Gasteiger partial charge in [0, 0.05) is 11.8 Å². The van der Waals surface area contributed by atoms with Crippen molar-refractivity contribution in [2.24, 2.45) is 11.8 Å². The summed E-state index contributed by atoms with van der Waals surface area (Å²) >= 11 is 0. The fraction of sp³-hybridized carbons (Fsp3) is 0.500. The molecule has 0 aliphatic rings.